The fraction of sp³-hybridized carbons (Fsp3) is 0.438. The first-order valence-electron chi connectivity index (χ1n) is 7.78. The quantitative estimate of drug-likeness (QED) is 0.631. The van der Waals surface area contributed by atoms with Crippen molar-refractivity contribution in [3.63, 3.8) is 0 Å². The largest absolute Gasteiger partial charge is 0.370 e. The molecular weight excluding hydrogens is 295 g/mol. The maximum absolute atomic E-state index is 13.0. The van der Waals surface area contributed by atoms with Gasteiger partial charge in [-0.15, -0.1) is 0 Å². The molecule has 0 spiro atoms. The lowest BCUT2D eigenvalue weighted by molar-refractivity contribution is 0.377. The summed E-state index contributed by atoms with van der Waals surface area (Å²) >= 11 is 0. The third-order valence-corrected chi connectivity index (χ3v) is 4.31. The van der Waals surface area contributed by atoms with E-state index >= 15 is 0 Å². The molecule has 0 radical (unpaired) electrons. The molecule has 1 fully saturated rings. The summed E-state index contributed by atoms with van der Waals surface area (Å²) in [6, 6.07) is 6.75. The van der Waals surface area contributed by atoms with Crippen LogP contribution >= 0.6 is 0 Å². The molecule has 0 aromatic heterocycles. The van der Waals surface area contributed by atoms with Gasteiger partial charge >= 0.3 is 0 Å². The van der Waals surface area contributed by atoms with E-state index in [2.05, 4.69) is 20.5 Å². The molecule has 7 heteroatoms. The van der Waals surface area contributed by atoms with Crippen molar-refractivity contribution in [1.29, 1.82) is 0 Å². The standard InChI is InChI=1S/C16H23FN6/c1-20-13-6-7-23(10-13)14-9-16(19,22-15(18)21-14)8-11-2-4-12(17)5-3-11/h2-5,9,13,20H,6-8,10,19H2,1H3,(H3,18,21,22)/t13-,16?/m1/s1. The second-order valence-corrected chi connectivity index (χ2v) is 6.17. The number of benzene rings is 1. The number of guanidine groups is 1. The SMILES string of the molecule is CN[C@@H]1CCN(C2=CC(N)(Cc3ccc(F)cc3)N=C(N)N2)C1. The van der Waals surface area contributed by atoms with Gasteiger partial charge in [0.25, 0.3) is 0 Å². The topological polar surface area (TPSA) is 91.7 Å². The molecule has 6 nitrogen and oxygen atoms in total. The highest BCUT2D eigenvalue weighted by molar-refractivity contribution is 5.81. The first kappa shape index (κ1) is 15.8. The van der Waals surface area contributed by atoms with Crippen molar-refractivity contribution >= 4 is 5.96 Å². The molecule has 1 aromatic rings. The Morgan fingerprint density at radius 3 is 2.83 bits per heavy atom. The number of halogens is 1. The fourth-order valence-electron chi connectivity index (χ4n) is 3.09. The van der Waals surface area contributed by atoms with Crippen LogP contribution in [0.1, 0.15) is 12.0 Å². The molecule has 6 N–H and O–H groups in total. The van der Waals surface area contributed by atoms with Gasteiger partial charge in [0.15, 0.2) is 5.96 Å². The minimum atomic E-state index is -0.930. The van der Waals surface area contributed by atoms with E-state index in [0.717, 1.165) is 30.9 Å². The van der Waals surface area contributed by atoms with Crippen molar-refractivity contribution in [2.45, 2.75) is 24.5 Å². The van der Waals surface area contributed by atoms with Crippen LogP contribution in [0.3, 0.4) is 0 Å². The predicted octanol–water partition coefficient (Wildman–Crippen LogP) is 0.0762. The van der Waals surface area contributed by atoms with Gasteiger partial charge in [-0.3, -0.25) is 0 Å². The molecule has 0 bridgehead atoms. The van der Waals surface area contributed by atoms with Crippen molar-refractivity contribution in [1.82, 2.24) is 15.5 Å². The van der Waals surface area contributed by atoms with Crippen LogP contribution in [0, 0.1) is 5.82 Å². The first-order chi connectivity index (χ1) is 11.0. The van der Waals surface area contributed by atoms with E-state index in [4.69, 9.17) is 11.5 Å². The van der Waals surface area contributed by atoms with Gasteiger partial charge in [-0.1, -0.05) is 12.1 Å². The van der Waals surface area contributed by atoms with Crippen molar-refractivity contribution in [3.8, 4) is 0 Å². The summed E-state index contributed by atoms with van der Waals surface area (Å²) < 4.78 is 13.0. The highest BCUT2D eigenvalue weighted by atomic mass is 19.1. The smallest absolute Gasteiger partial charge is 0.196 e. The lowest BCUT2D eigenvalue weighted by Crippen LogP contribution is -2.51. The molecule has 124 valence electrons. The number of nitrogens with one attached hydrogen (secondary N) is 2. The Labute approximate surface area is 135 Å². The molecular formula is C16H23FN6. The van der Waals surface area contributed by atoms with Gasteiger partial charge in [-0.2, -0.15) is 0 Å². The molecule has 0 amide bonds. The predicted molar refractivity (Wildman–Crippen MR) is 88.9 cm³/mol. The van der Waals surface area contributed by atoms with Crippen molar-refractivity contribution in [2.24, 2.45) is 16.5 Å². The van der Waals surface area contributed by atoms with E-state index in [1.54, 1.807) is 12.1 Å². The Morgan fingerprint density at radius 1 is 1.43 bits per heavy atom. The summed E-state index contributed by atoms with van der Waals surface area (Å²) in [4.78, 5) is 6.56. The Balaban J connectivity index is 1.79. The lowest BCUT2D eigenvalue weighted by Gasteiger charge is -2.32. The van der Waals surface area contributed by atoms with E-state index in [1.165, 1.54) is 12.1 Å². The van der Waals surface area contributed by atoms with Crippen molar-refractivity contribution in [3.05, 3.63) is 47.5 Å². The minimum Gasteiger partial charge on any atom is -0.370 e. The van der Waals surface area contributed by atoms with Crippen LogP contribution in [0.15, 0.2) is 41.2 Å². The third kappa shape index (κ3) is 3.62. The number of nitrogens with zero attached hydrogens (tertiary/aromatic N) is 2. The average Bonchev–Trinajstić information content (AvgIpc) is 2.97. The van der Waals surface area contributed by atoms with E-state index in [-0.39, 0.29) is 5.82 Å². The number of hydrogen-bond donors (Lipinski definition) is 4. The molecule has 0 aliphatic carbocycles. The summed E-state index contributed by atoms with van der Waals surface area (Å²) in [6.45, 7) is 1.83. The van der Waals surface area contributed by atoms with Gasteiger partial charge in [0.2, 0.25) is 0 Å². The molecule has 1 aromatic carbocycles. The lowest BCUT2D eigenvalue weighted by atomic mass is 9.99. The Kier molecular flexibility index (Phi) is 4.23. The summed E-state index contributed by atoms with van der Waals surface area (Å²) in [5.41, 5.74) is 12.3. The number of nitrogens with two attached hydrogens (primary N) is 2. The van der Waals surface area contributed by atoms with E-state index in [1.807, 2.05) is 13.1 Å². The van der Waals surface area contributed by atoms with E-state index in [9.17, 15) is 4.39 Å². The van der Waals surface area contributed by atoms with Gasteiger partial charge in [-0.05, 0) is 37.2 Å². The minimum absolute atomic E-state index is 0.264. The molecule has 3 rings (SSSR count). The summed E-state index contributed by atoms with van der Waals surface area (Å²) in [7, 11) is 1.97. The Hall–Kier alpha value is -2.12. The number of rotatable bonds is 4. The van der Waals surface area contributed by atoms with Crippen LogP contribution in [0.5, 0.6) is 0 Å². The molecule has 2 heterocycles. The second kappa shape index (κ2) is 6.17. The van der Waals surface area contributed by atoms with Gasteiger partial charge in [0.1, 0.15) is 17.3 Å². The fourth-order valence-corrected chi connectivity index (χ4v) is 3.09. The number of aliphatic imine (C=N–C) groups is 1. The highest BCUT2D eigenvalue weighted by Crippen LogP contribution is 2.22. The third-order valence-electron chi connectivity index (χ3n) is 4.31. The zero-order valence-corrected chi connectivity index (χ0v) is 13.2. The average molecular weight is 318 g/mol. The Morgan fingerprint density at radius 2 is 2.17 bits per heavy atom. The monoisotopic (exact) mass is 318 g/mol. The van der Waals surface area contributed by atoms with Crippen LogP contribution in [0.2, 0.25) is 0 Å². The summed E-state index contributed by atoms with van der Waals surface area (Å²) in [5, 5.41) is 6.39. The number of likely N-dealkylation sites (tertiary alicyclic amines) is 1. The molecule has 0 saturated carbocycles. The van der Waals surface area contributed by atoms with Crippen LogP contribution in [0.25, 0.3) is 0 Å². The van der Waals surface area contributed by atoms with Gasteiger partial charge in [0, 0.05) is 25.6 Å². The second-order valence-electron chi connectivity index (χ2n) is 6.17. The highest BCUT2D eigenvalue weighted by Gasteiger charge is 2.31. The normalized spacial score (nSPS) is 27.4. The van der Waals surface area contributed by atoms with Crippen molar-refractivity contribution < 1.29 is 4.39 Å². The van der Waals surface area contributed by atoms with Crippen LogP contribution in [-0.4, -0.2) is 42.7 Å². The van der Waals surface area contributed by atoms with Crippen LogP contribution in [-0.2, 0) is 6.42 Å². The van der Waals surface area contributed by atoms with Crippen LogP contribution in [0.4, 0.5) is 4.39 Å². The number of hydrogen-bond acceptors (Lipinski definition) is 6. The maximum atomic E-state index is 13.0. The summed E-state index contributed by atoms with van der Waals surface area (Å²) in [5.74, 6) is 0.930. The van der Waals surface area contributed by atoms with Gasteiger partial charge < -0.3 is 27.0 Å². The zero-order chi connectivity index (χ0) is 16.4. The van der Waals surface area contributed by atoms with Crippen molar-refractivity contribution in [2.75, 3.05) is 20.1 Å². The number of likely N-dealkylation sites (N-methyl/N-ethyl adjacent to an activating group) is 1. The van der Waals surface area contributed by atoms with E-state index in [0.29, 0.717) is 18.4 Å². The zero-order valence-electron chi connectivity index (χ0n) is 13.2. The van der Waals surface area contributed by atoms with Gasteiger partial charge in [0.05, 0.1) is 0 Å². The summed E-state index contributed by atoms with van der Waals surface area (Å²) in [6.07, 6.45) is 3.44. The van der Waals surface area contributed by atoms with Crippen LogP contribution < -0.4 is 22.1 Å². The molecule has 1 unspecified atom stereocenters. The molecule has 23 heavy (non-hydrogen) atoms. The molecule has 2 atom stereocenters. The molecule has 2 aliphatic heterocycles. The van der Waals surface area contributed by atoms with Gasteiger partial charge in [-0.25, -0.2) is 9.38 Å². The van der Waals surface area contributed by atoms with E-state index < -0.39 is 5.66 Å². The first-order valence-corrected chi connectivity index (χ1v) is 7.78. The maximum Gasteiger partial charge on any atom is 0.196 e. The Bertz CT molecular complexity index is 626. The molecule has 1 saturated heterocycles. The molecule has 2 aliphatic rings.